The third-order valence-corrected chi connectivity index (χ3v) is 3.94. The minimum absolute atomic E-state index is 0.237. The molecule has 0 aliphatic rings. The molecule has 2 aromatic rings. The summed E-state index contributed by atoms with van der Waals surface area (Å²) in [4.78, 5) is 12.2. The Labute approximate surface area is 141 Å². The molecule has 21 heavy (non-hydrogen) atoms. The molecule has 0 saturated heterocycles. The van der Waals surface area contributed by atoms with E-state index < -0.39 is 0 Å². The second kappa shape index (κ2) is 7.16. The predicted molar refractivity (Wildman–Crippen MR) is 88.3 cm³/mol. The first-order valence-electron chi connectivity index (χ1n) is 6.07. The first-order valence-corrected chi connectivity index (χ1v) is 7.62. The van der Waals surface area contributed by atoms with Crippen molar-refractivity contribution in [2.24, 2.45) is 0 Å². The zero-order valence-corrected chi connectivity index (χ0v) is 14.2. The Morgan fingerprint density at radius 1 is 1.24 bits per heavy atom. The summed E-state index contributed by atoms with van der Waals surface area (Å²) in [7, 11) is 1.52. The zero-order valence-electron chi connectivity index (χ0n) is 11.1. The lowest BCUT2D eigenvalue weighted by molar-refractivity contribution is 0.0948. The van der Waals surface area contributed by atoms with E-state index in [9.17, 15) is 4.79 Å². The number of amides is 1. The van der Waals surface area contributed by atoms with Gasteiger partial charge in [-0.3, -0.25) is 4.79 Å². The summed E-state index contributed by atoms with van der Waals surface area (Å²) in [5.41, 5.74) is 1.25. The van der Waals surface area contributed by atoms with Crippen molar-refractivity contribution in [1.82, 2.24) is 5.32 Å². The molecule has 6 heteroatoms. The Morgan fingerprint density at radius 2 is 2.00 bits per heavy atom. The number of halogens is 3. The van der Waals surface area contributed by atoms with Gasteiger partial charge < -0.3 is 10.1 Å². The number of hydrogen-bond acceptors (Lipinski definition) is 2. The molecule has 0 aliphatic carbocycles. The van der Waals surface area contributed by atoms with Crippen LogP contribution in [0.5, 0.6) is 5.75 Å². The highest BCUT2D eigenvalue weighted by Gasteiger charge is 2.13. The molecule has 3 nitrogen and oxygen atoms in total. The van der Waals surface area contributed by atoms with Crippen molar-refractivity contribution in [3.8, 4) is 5.75 Å². The number of nitrogens with one attached hydrogen (secondary N) is 1. The fourth-order valence-electron chi connectivity index (χ4n) is 1.79. The van der Waals surface area contributed by atoms with Crippen LogP contribution in [0.15, 0.2) is 40.9 Å². The van der Waals surface area contributed by atoms with Gasteiger partial charge in [-0.2, -0.15) is 0 Å². The van der Waals surface area contributed by atoms with Gasteiger partial charge in [0.25, 0.3) is 5.91 Å². The largest absolute Gasteiger partial charge is 0.496 e. The summed E-state index contributed by atoms with van der Waals surface area (Å²) >= 11 is 15.3. The lowest BCUT2D eigenvalue weighted by Gasteiger charge is -2.10. The van der Waals surface area contributed by atoms with Crippen molar-refractivity contribution in [3.05, 3.63) is 62.0 Å². The summed E-state index contributed by atoms with van der Waals surface area (Å²) in [5.74, 6) is 0.275. The average molecular weight is 389 g/mol. The van der Waals surface area contributed by atoms with E-state index in [4.69, 9.17) is 27.9 Å². The number of rotatable bonds is 4. The minimum Gasteiger partial charge on any atom is -0.496 e. The highest BCUT2D eigenvalue weighted by Crippen LogP contribution is 2.24. The van der Waals surface area contributed by atoms with Crippen LogP contribution in [0.3, 0.4) is 0 Å². The molecule has 2 rings (SSSR count). The lowest BCUT2D eigenvalue weighted by Crippen LogP contribution is -2.23. The molecule has 0 saturated carbocycles. The molecule has 110 valence electrons. The van der Waals surface area contributed by atoms with Gasteiger partial charge in [-0.05, 0) is 35.9 Å². The van der Waals surface area contributed by atoms with Crippen LogP contribution >= 0.6 is 39.1 Å². The van der Waals surface area contributed by atoms with Gasteiger partial charge in [0.2, 0.25) is 0 Å². The Bertz CT molecular complexity index is 677. The zero-order chi connectivity index (χ0) is 15.4. The molecule has 0 atom stereocenters. The standard InChI is InChI=1S/C15H12BrCl2NO2/c1-21-14-5-3-10(16)6-12(14)15(20)19-8-9-2-4-11(17)7-13(9)18/h2-7H,8H2,1H3,(H,19,20). The number of benzene rings is 2. The number of ether oxygens (including phenoxy) is 1. The number of carbonyl (C=O) groups excluding carboxylic acids is 1. The minimum atomic E-state index is -0.237. The Hall–Kier alpha value is -1.23. The normalized spacial score (nSPS) is 10.3. The molecule has 0 unspecified atom stereocenters. The second-order valence-electron chi connectivity index (χ2n) is 4.26. The molecule has 2 aromatic carbocycles. The van der Waals surface area contributed by atoms with Gasteiger partial charge in [0.15, 0.2) is 0 Å². The molecule has 0 radical (unpaired) electrons. The predicted octanol–water partition coefficient (Wildman–Crippen LogP) is 4.69. The maximum absolute atomic E-state index is 12.2. The quantitative estimate of drug-likeness (QED) is 0.824. The van der Waals surface area contributed by atoms with Crippen LogP contribution in [0.4, 0.5) is 0 Å². The second-order valence-corrected chi connectivity index (χ2v) is 6.02. The summed E-state index contributed by atoms with van der Waals surface area (Å²) < 4.78 is 5.99. The molecule has 0 aromatic heterocycles. The van der Waals surface area contributed by atoms with Crippen molar-refractivity contribution in [2.75, 3.05) is 7.11 Å². The third-order valence-electron chi connectivity index (χ3n) is 2.86. The summed E-state index contributed by atoms with van der Waals surface area (Å²) in [6.07, 6.45) is 0. The summed E-state index contributed by atoms with van der Waals surface area (Å²) in [6, 6.07) is 10.4. The van der Waals surface area contributed by atoms with Crippen LogP contribution in [-0.4, -0.2) is 13.0 Å². The van der Waals surface area contributed by atoms with E-state index in [-0.39, 0.29) is 5.91 Å². The van der Waals surface area contributed by atoms with Gasteiger partial charge in [-0.15, -0.1) is 0 Å². The van der Waals surface area contributed by atoms with Crippen LogP contribution in [0.2, 0.25) is 10.0 Å². The fraction of sp³-hybridized carbons (Fsp3) is 0.133. The first-order chi connectivity index (χ1) is 10.0. The molecular formula is C15H12BrCl2NO2. The van der Waals surface area contributed by atoms with Crippen molar-refractivity contribution in [1.29, 1.82) is 0 Å². The summed E-state index contributed by atoms with van der Waals surface area (Å²) in [6.45, 7) is 0.310. The van der Waals surface area contributed by atoms with E-state index >= 15 is 0 Å². The molecule has 0 fully saturated rings. The maximum Gasteiger partial charge on any atom is 0.255 e. The van der Waals surface area contributed by atoms with E-state index in [0.29, 0.717) is 27.9 Å². The first kappa shape index (κ1) is 16.1. The van der Waals surface area contributed by atoms with Crippen LogP contribution in [-0.2, 0) is 6.54 Å². The monoisotopic (exact) mass is 387 g/mol. The molecule has 0 spiro atoms. The average Bonchev–Trinajstić information content (AvgIpc) is 2.46. The van der Waals surface area contributed by atoms with Gasteiger partial charge >= 0.3 is 0 Å². The van der Waals surface area contributed by atoms with Crippen molar-refractivity contribution >= 4 is 45.0 Å². The third kappa shape index (κ3) is 4.13. The van der Waals surface area contributed by atoms with E-state index in [1.54, 1.807) is 30.3 Å². The lowest BCUT2D eigenvalue weighted by atomic mass is 10.1. The van der Waals surface area contributed by atoms with Crippen LogP contribution in [0.1, 0.15) is 15.9 Å². The fourth-order valence-corrected chi connectivity index (χ4v) is 2.63. The molecule has 0 aliphatic heterocycles. The van der Waals surface area contributed by atoms with E-state index in [1.807, 2.05) is 6.07 Å². The Kier molecular flexibility index (Phi) is 5.51. The number of hydrogen-bond donors (Lipinski definition) is 1. The number of carbonyl (C=O) groups is 1. The van der Waals surface area contributed by atoms with E-state index in [1.165, 1.54) is 7.11 Å². The van der Waals surface area contributed by atoms with Crippen molar-refractivity contribution in [2.45, 2.75) is 6.54 Å². The molecule has 0 heterocycles. The Morgan fingerprint density at radius 3 is 2.67 bits per heavy atom. The topological polar surface area (TPSA) is 38.3 Å². The van der Waals surface area contributed by atoms with Gasteiger partial charge in [0.1, 0.15) is 5.75 Å². The van der Waals surface area contributed by atoms with Crippen molar-refractivity contribution < 1.29 is 9.53 Å². The van der Waals surface area contributed by atoms with Crippen LogP contribution in [0, 0.1) is 0 Å². The van der Waals surface area contributed by atoms with E-state index in [0.717, 1.165) is 10.0 Å². The smallest absolute Gasteiger partial charge is 0.255 e. The number of methoxy groups -OCH3 is 1. The van der Waals surface area contributed by atoms with Gasteiger partial charge in [-0.1, -0.05) is 45.2 Å². The molecular weight excluding hydrogens is 377 g/mol. The molecule has 0 bridgehead atoms. The highest BCUT2D eigenvalue weighted by molar-refractivity contribution is 9.10. The summed E-state index contributed by atoms with van der Waals surface area (Å²) in [5, 5.41) is 3.89. The van der Waals surface area contributed by atoms with E-state index in [2.05, 4.69) is 21.2 Å². The van der Waals surface area contributed by atoms with Crippen LogP contribution in [0.25, 0.3) is 0 Å². The van der Waals surface area contributed by atoms with Gasteiger partial charge in [-0.25, -0.2) is 0 Å². The molecule has 1 N–H and O–H groups in total. The highest BCUT2D eigenvalue weighted by atomic mass is 79.9. The SMILES string of the molecule is COc1ccc(Br)cc1C(=O)NCc1ccc(Cl)cc1Cl. The van der Waals surface area contributed by atoms with Gasteiger partial charge in [0.05, 0.1) is 12.7 Å². The Balaban J connectivity index is 2.13. The van der Waals surface area contributed by atoms with Crippen molar-refractivity contribution in [3.63, 3.8) is 0 Å². The van der Waals surface area contributed by atoms with Crippen LogP contribution < -0.4 is 10.1 Å². The maximum atomic E-state index is 12.2. The molecule has 1 amide bonds. The van der Waals surface area contributed by atoms with Gasteiger partial charge in [0, 0.05) is 21.1 Å².